The van der Waals surface area contributed by atoms with Crippen molar-refractivity contribution in [2.45, 2.75) is 26.1 Å². The van der Waals surface area contributed by atoms with E-state index >= 15 is 0 Å². The molecule has 0 aliphatic rings. The van der Waals surface area contributed by atoms with Crippen LogP contribution >= 0.6 is 0 Å². The third-order valence-electron chi connectivity index (χ3n) is 5.22. The second-order valence-electron chi connectivity index (χ2n) is 8.09. The van der Waals surface area contributed by atoms with Gasteiger partial charge in [0.25, 0.3) is 0 Å². The maximum Gasteiger partial charge on any atom is 0.232 e. The average molecular weight is 497 g/mol. The summed E-state index contributed by atoms with van der Waals surface area (Å²) in [6.45, 7) is 1.96. The SMILES string of the molecule is CS(=O)(=O)N(CCCC(=O)NCCOCc1ccccc1)c1ccc(OCc2ccccc2)cc1. The van der Waals surface area contributed by atoms with E-state index in [2.05, 4.69) is 5.32 Å². The van der Waals surface area contributed by atoms with E-state index in [9.17, 15) is 13.2 Å². The number of amides is 1. The van der Waals surface area contributed by atoms with Crippen LogP contribution in [0.25, 0.3) is 0 Å². The van der Waals surface area contributed by atoms with Gasteiger partial charge in [0.15, 0.2) is 0 Å². The van der Waals surface area contributed by atoms with E-state index in [0.29, 0.717) is 44.2 Å². The maximum absolute atomic E-state index is 12.3. The van der Waals surface area contributed by atoms with E-state index in [4.69, 9.17) is 9.47 Å². The number of benzene rings is 3. The number of hydrogen-bond acceptors (Lipinski definition) is 5. The van der Waals surface area contributed by atoms with Crippen molar-refractivity contribution >= 4 is 21.6 Å². The van der Waals surface area contributed by atoms with Crippen LogP contribution in [0.2, 0.25) is 0 Å². The summed E-state index contributed by atoms with van der Waals surface area (Å²) in [6.07, 6.45) is 1.79. The monoisotopic (exact) mass is 496 g/mol. The maximum atomic E-state index is 12.3. The second kappa shape index (κ2) is 13.5. The van der Waals surface area contributed by atoms with Gasteiger partial charge in [0, 0.05) is 19.5 Å². The van der Waals surface area contributed by atoms with E-state index < -0.39 is 10.0 Å². The summed E-state index contributed by atoms with van der Waals surface area (Å²) in [5, 5.41) is 2.81. The fraction of sp³-hybridized carbons (Fsp3) is 0.296. The van der Waals surface area contributed by atoms with Crippen LogP contribution in [0.15, 0.2) is 84.9 Å². The molecule has 0 fully saturated rings. The highest BCUT2D eigenvalue weighted by Gasteiger charge is 2.17. The molecule has 0 unspecified atom stereocenters. The molecule has 0 aromatic heterocycles. The molecule has 0 aliphatic heterocycles. The average Bonchev–Trinajstić information content (AvgIpc) is 2.86. The smallest absolute Gasteiger partial charge is 0.232 e. The minimum absolute atomic E-state index is 0.133. The first-order valence-corrected chi connectivity index (χ1v) is 13.4. The number of nitrogens with one attached hydrogen (secondary N) is 1. The molecule has 0 atom stereocenters. The van der Waals surface area contributed by atoms with Crippen LogP contribution in [0.3, 0.4) is 0 Å². The van der Waals surface area contributed by atoms with Gasteiger partial charge in [0.05, 0.1) is 25.2 Å². The van der Waals surface area contributed by atoms with Gasteiger partial charge in [-0.15, -0.1) is 0 Å². The third-order valence-corrected chi connectivity index (χ3v) is 6.41. The Kier molecular flexibility index (Phi) is 10.1. The molecule has 0 heterocycles. The molecular weight excluding hydrogens is 464 g/mol. The van der Waals surface area contributed by atoms with Crippen LogP contribution in [0, 0.1) is 0 Å². The zero-order chi connectivity index (χ0) is 24.9. The predicted molar refractivity (Wildman–Crippen MR) is 138 cm³/mol. The number of hydrogen-bond donors (Lipinski definition) is 1. The Morgan fingerprint density at radius 2 is 1.46 bits per heavy atom. The van der Waals surface area contributed by atoms with Crippen LogP contribution in [0.1, 0.15) is 24.0 Å². The summed E-state index contributed by atoms with van der Waals surface area (Å²) in [4.78, 5) is 12.1. The van der Waals surface area contributed by atoms with Crippen molar-refractivity contribution in [3.05, 3.63) is 96.1 Å². The number of anilines is 1. The number of sulfonamides is 1. The molecule has 0 aliphatic carbocycles. The Hall–Kier alpha value is -3.36. The van der Waals surface area contributed by atoms with E-state index in [1.54, 1.807) is 24.3 Å². The number of carbonyl (C=O) groups excluding carboxylic acids is 1. The fourth-order valence-electron chi connectivity index (χ4n) is 3.43. The van der Waals surface area contributed by atoms with Crippen molar-refractivity contribution in [3.63, 3.8) is 0 Å². The van der Waals surface area contributed by atoms with E-state index in [0.717, 1.165) is 17.4 Å². The fourth-order valence-corrected chi connectivity index (χ4v) is 4.40. The molecule has 8 heteroatoms. The topological polar surface area (TPSA) is 84.9 Å². The number of ether oxygens (including phenoxy) is 2. The molecule has 0 bridgehead atoms. The molecule has 0 saturated carbocycles. The zero-order valence-corrected chi connectivity index (χ0v) is 20.7. The molecule has 0 saturated heterocycles. The lowest BCUT2D eigenvalue weighted by atomic mass is 10.2. The molecule has 35 heavy (non-hydrogen) atoms. The highest BCUT2D eigenvalue weighted by molar-refractivity contribution is 7.92. The molecular formula is C27H32N2O5S. The lowest BCUT2D eigenvalue weighted by Crippen LogP contribution is -2.32. The highest BCUT2D eigenvalue weighted by Crippen LogP contribution is 2.23. The summed E-state index contributed by atoms with van der Waals surface area (Å²) >= 11 is 0. The Morgan fingerprint density at radius 3 is 2.06 bits per heavy atom. The largest absolute Gasteiger partial charge is 0.489 e. The lowest BCUT2D eigenvalue weighted by Gasteiger charge is -2.22. The molecule has 3 aromatic carbocycles. The number of rotatable bonds is 14. The molecule has 3 rings (SSSR count). The van der Waals surface area contributed by atoms with Crippen molar-refractivity contribution in [2.24, 2.45) is 0 Å². The van der Waals surface area contributed by atoms with Crippen molar-refractivity contribution in [3.8, 4) is 5.75 Å². The molecule has 0 radical (unpaired) electrons. The Labute approximate surface area is 207 Å². The van der Waals surface area contributed by atoms with Crippen LogP contribution in [0.5, 0.6) is 5.75 Å². The second-order valence-corrected chi connectivity index (χ2v) is 10.0. The van der Waals surface area contributed by atoms with Crippen LogP contribution in [-0.4, -0.2) is 40.3 Å². The molecule has 3 aromatic rings. The summed E-state index contributed by atoms with van der Waals surface area (Å²) in [5.74, 6) is 0.520. The third kappa shape index (κ3) is 9.42. The number of carbonyl (C=O) groups is 1. The highest BCUT2D eigenvalue weighted by atomic mass is 32.2. The van der Waals surface area contributed by atoms with Gasteiger partial charge in [0.1, 0.15) is 12.4 Å². The van der Waals surface area contributed by atoms with Gasteiger partial charge in [-0.25, -0.2) is 8.42 Å². The van der Waals surface area contributed by atoms with Crippen molar-refractivity contribution in [1.29, 1.82) is 0 Å². The quantitative estimate of drug-likeness (QED) is 0.339. The minimum atomic E-state index is -3.49. The molecule has 7 nitrogen and oxygen atoms in total. The van der Waals surface area contributed by atoms with Gasteiger partial charge in [-0.05, 0) is 41.8 Å². The van der Waals surface area contributed by atoms with E-state index in [1.165, 1.54) is 4.31 Å². The molecule has 1 amide bonds. The Bertz CT molecular complexity index is 1140. The van der Waals surface area contributed by atoms with E-state index in [1.807, 2.05) is 60.7 Å². The summed E-state index contributed by atoms with van der Waals surface area (Å²) in [7, 11) is -3.49. The van der Waals surface area contributed by atoms with Crippen molar-refractivity contribution in [1.82, 2.24) is 5.32 Å². The standard InChI is InChI=1S/C27H32N2O5S/c1-35(31,32)29(25-14-16-26(17-15-25)34-22-24-11-6-3-7-12-24)19-8-13-27(30)28-18-20-33-21-23-9-4-2-5-10-23/h2-7,9-12,14-17H,8,13,18-22H2,1H3,(H,28,30). The van der Waals surface area contributed by atoms with Gasteiger partial charge in [0.2, 0.25) is 15.9 Å². The first kappa shape index (κ1) is 26.2. The number of nitrogens with zero attached hydrogens (tertiary/aromatic N) is 1. The Balaban J connectivity index is 1.40. The van der Waals surface area contributed by atoms with Gasteiger partial charge < -0.3 is 14.8 Å². The normalized spacial score (nSPS) is 11.1. The predicted octanol–water partition coefficient (Wildman–Crippen LogP) is 4.14. The van der Waals surface area contributed by atoms with Crippen molar-refractivity contribution in [2.75, 3.05) is 30.3 Å². The molecule has 0 spiro atoms. The van der Waals surface area contributed by atoms with Gasteiger partial charge >= 0.3 is 0 Å². The van der Waals surface area contributed by atoms with Crippen LogP contribution in [-0.2, 0) is 32.8 Å². The minimum Gasteiger partial charge on any atom is -0.489 e. The van der Waals surface area contributed by atoms with Gasteiger partial charge in [-0.2, -0.15) is 0 Å². The van der Waals surface area contributed by atoms with Gasteiger partial charge in [-0.1, -0.05) is 60.7 Å². The first-order valence-electron chi connectivity index (χ1n) is 11.5. The summed E-state index contributed by atoms with van der Waals surface area (Å²) < 4.78 is 37.3. The Morgan fingerprint density at radius 1 is 0.857 bits per heavy atom. The van der Waals surface area contributed by atoms with E-state index in [-0.39, 0.29) is 18.9 Å². The first-order chi connectivity index (χ1) is 16.9. The lowest BCUT2D eigenvalue weighted by molar-refractivity contribution is -0.121. The van der Waals surface area contributed by atoms with Crippen LogP contribution < -0.4 is 14.4 Å². The van der Waals surface area contributed by atoms with Gasteiger partial charge in [-0.3, -0.25) is 9.10 Å². The summed E-state index contributed by atoms with van der Waals surface area (Å²) in [5.41, 5.74) is 2.67. The zero-order valence-electron chi connectivity index (χ0n) is 19.9. The molecule has 186 valence electrons. The van der Waals surface area contributed by atoms with Crippen molar-refractivity contribution < 1.29 is 22.7 Å². The summed E-state index contributed by atoms with van der Waals surface area (Å²) in [6, 6.07) is 26.6. The molecule has 1 N–H and O–H groups in total. The van der Waals surface area contributed by atoms with Crippen LogP contribution in [0.4, 0.5) is 5.69 Å².